The molecule has 1 aromatic rings. The Kier molecular flexibility index (Phi) is 7.66. The van der Waals surface area contributed by atoms with Gasteiger partial charge in [-0.2, -0.15) is 0 Å². The molecule has 0 bridgehead atoms. The molecule has 0 saturated heterocycles. The molecule has 8 rings (SSSR count). The van der Waals surface area contributed by atoms with Crippen molar-refractivity contribution in [3.05, 3.63) is 53.1 Å². The average molecular weight is 607 g/mol. The molecular formula is C42H54O3. The van der Waals surface area contributed by atoms with Gasteiger partial charge in [-0.25, -0.2) is 0 Å². The highest BCUT2D eigenvalue weighted by Crippen LogP contribution is 2.67. The summed E-state index contributed by atoms with van der Waals surface area (Å²) < 4.78 is 0. The van der Waals surface area contributed by atoms with Crippen molar-refractivity contribution in [3.63, 3.8) is 0 Å². The number of benzene rings is 1. The summed E-state index contributed by atoms with van der Waals surface area (Å²) in [4.78, 5) is 0. The van der Waals surface area contributed by atoms with Crippen molar-refractivity contribution < 1.29 is 15.3 Å². The normalized spacial score (nSPS) is 45.9. The quantitative estimate of drug-likeness (QED) is 0.222. The fraction of sp³-hybridized carbons (Fsp3) is 0.667. The van der Waals surface area contributed by atoms with Crippen LogP contribution in [0, 0.1) is 71.0 Å². The predicted octanol–water partition coefficient (Wildman–Crippen LogP) is 8.48. The summed E-state index contributed by atoms with van der Waals surface area (Å²) in [6.45, 7) is 8.98. The van der Waals surface area contributed by atoms with Crippen LogP contribution in [-0.2, 0) is 6.42 Å². The van der Waals surface area contributed by atoms with Gasteiger partial charge in [0.05, 0.1) is 0 Å². The highest BCUT2D eigenvalue weighted by molar-refractivity contribution is 5.41. The van der Waals surface area contributed by atoms with Crippen molar-refractivity contribution in [2.75, 3.05) is 0 Å². The SMILES string of the molecule is C#C[C@]1(O)CC[C@H]2[C@@H]3CCC4=CCCCC4[C@H]3C(=C)C[C@@]21CC.C#C[C@]1(O)CC[C@H]2[C@@H]3CCc4cc(O)ccc4[C@H]3CC[C@@]21C. The lowest BCUT2D eigenvalue weighted by Gasteiger charge is -2.56. The van der Waals surface area contributed by atoms with E-state index in [9.17, 15) is 15.3 Å². The van der Waals surface area contributed by atoms with Crippen LogP contribution in [0.25, 0.3) is 0 Å². The fourth-order valence-electron chi connectivity index (χ4n) is 12.8. The van der Waals surface area contributed by atoms with Crippen LogP contribution in [0.5, 0.6) is 5.75 Å². The zero-order valence-corrected chi connectivity index (χ0v) is 27.7. The monoisotopic (exact) mass is 606 g/mol. The first-order chi connectivity index (χ1) is 21.5. The van der Waals surface area contributed by atoms with Gasteiger partial charge in [-0.3, -0.25) is 0 Å². The highest BCUT2D eigenvalue weighted by Gasteiger charge is 2.64. The van der Waals surface area contributed by atoms with Gasteiger partial charge >= 0.3 is 0 Å². The molecule has 11 atom stereocenters. The molecule has 3 N–H and O–H groups in total. The van der Waals surface area contributed by atoms with Gasteiger partial charge in [0, 0.05) is 10.8 Å². The van der Waals surface area contributed by atoms with E-state index in [2.05, 4.69) is 44.4 Å². The molecule has 5 saturated carbocycles. The molecule has 7 aliphatic rings. The third kappa shape index (κ3) is 4.40. The van der Waals surface area contributed by atoms with Crippen molar-refractivity contribution in [1.82, 2.24) is 0 Å². The van der Waals surface area contributed by atoms with Gasteiger partial charge in [0.25, 0.3) is 0 Å². The van der Waals surface area contributed by atoms with Gasteiger partial charge < -0.3 is 15.3 Å². The standard InChI is InChI=1S/C22H30O.C20H24O2/c1-4-21-14-15(3)20-17-9-7-6-8-16(17)10-11-18(20)19(21)12-13-22(21,23)5-2;1-3-20(22)11-9-18-17-6-4-13-12-14(21)5-7-15(13)16(17)8-10-19(18,20)2/h2,8,17-20,23H,3-4,6-7,9-14H2,1H3;1,5,7,12,16-18,21-22H,4,6,8-11H2,2H3/t17?,18-,19-,20+,21-,22-;16-,17-,18+,19+,20+/m01/s1. The molecule has 0 spiro atoms. The van der Waals surface area contributed by atoms with Crippen molar-refractivity contribution in [1.29, 1.82) is 0 Å². The first-order valence-corrected chi connectivity index (χ1v) is 18.1. The molecule has 0 amide bonds. The summed E-state index contributed by atoms with van der Waals surface area (Å²) in [5.41, 5.74) is 3.77. The number of aromatic hydroxyl groups is 1. The molecule has 240 valence electrons. The molecular weight excluding hydrogens is 552 g/mol. The molecule has 1 aromatic carbocycles. The molecule has 3 nitrogen and oxygen atoms in total. The van der Waals surface area contributed by atoms with Crippen LogP contribution in [0.1, 0.15) is 121 Å². The van der Waals surface area contributed by atoms with Gasteiger partial charge in [-0.1, -0.05) is 55.6 Å². The topological polar surface area (TPSA) is 60.7 Å². The van der Waals surface area contributed by atoms with E-state index >= 15 is 0 Å². The van der Waals surface area contributed by atoms with Crippen molar-refractivity contribution in [2.24, 2.45) is 46.3 Å². The second kappa shape index (κ2) is 11.1. The summed E-state index contributed by atoms with van der Waals surface area (Å²) in [7, 11) is 0. The summed E-state index contributed by atoms with van der Waals surface area (Å²) in [6, 6.07) is 5.87. The van der Waals surface area contributed by atoms with Crippen LogP contribution in [0.4, 0.5) is 0 Å². The second-order valence-corrected chi connectivity index (χ2v) is 16.3. The lowest BCUT2D eigenvalue weighted by Crippen LogP contribution is -2.54. The third-order valence-electron chi connectivity index (χ3n) is 15.1. The molecule has 45 heavy (non-hydrogen) atoms. The summed E-state index contributed by atoms with van der Waals surface area (Å²) in [5.74, 6) is 10.3. The lowest BCUT2D eigenvalue weighted by molar-refractivity contribution is -0.0788. The van der Waals surface area contributed by atoms with Crippen molar-refractivity contribution >= 4 is 0 Å². The van der Waals surface area contributed by atoms with Crippen LogP contribution >= 0.6 is 0 Å². The number of phenols is 1. The van der Waals surface area contributed by atoms with Crippen molar-refractivity contribution in [2.45, 2.75) is 127 Å². The number of aryl methyl sites for hydroxylation is 1. The third-order valence-corrected chi connectivity index (χ3v) is 15.1. The summed E-state index contributed by atoms with van der Waals surface area (Å²) >= 11 is 0. The van der Waals surface area contributed by atoms with E-state index in [4.69, 9.17) is 12.8 Å². The van der Waals surface area contributed by atoms with Crippen LogP contribution in [-0.4, -0.2) is 26.5 Å². The summed E-state index contributed by atoms with van der Waals surface area (Å²) in [5, 5.41) is 31.8. The minimum absolute atomic E-state index is 0.115. The number of rotatable bonds is 1. The molecule has 0 heterocycles. The van der Waals surface area contributed by atoms with E-state index in [0.29, 0.717) is 41.3 Å². The fourth-order valence-corrected chi connectivity index (χ4v) is 12.8. The molecule has 0 radical (unpaired) electrons. The van der Waals surface area contributed by atoms with E-state index < -0.39 is 11.2 Å². The Morgan fingerprint density at radius 1 is 0.889 bits per heavy atom. The Morgan fingerprint density at radius 3 is 2.38 bits per heavy atom. The number of hydrogen-bond acceptors (Lipinski definition) is 3. The first-order valence-electron chi connectivity index (χ1n) is 18.1. The largest absolute Gasteiger partial charge is 0.508 e. The van der Waals surface area contributed by atoms with Crippen LogP contribution in [0.3, 0.4) is 0 Å². The first kappa shape index (κ1) is 31.2. The molecule has 3 heteroatoms. The number of allylic oxidation sites excluding steroid dienone is 3. The molecule has 1 unspecified atom stereocenters. The molecule has 7 aliphatic carbocycles. The van der Waals surface area contributed by atoms with E-state index in [1.165, 1.54) is 48.8 Å². The Hall–Kier alpha value is -2.46. The maximum atomic E-state index is 11.2. The Bertz CT molecular complexity index is 1470. The van der Waals surface area contributed by atoms with Crippen LogP contribution in [0.2, 0.25) is 0 Å². The smallest absolute Gasteiger partial charge is 0.131 e. The number of fused-ring (bicyclic) bond motifs is 10. The van der Waals surface area contributed by atoms with Gasteiger partial charge in [0.15, 0.2) is 0 Å². The molecule has 0 aromatic heterocycles. The highest BCUT2D eigenvalue weighted by atomic mass is 16.3. The Labute approximate surface area is 272 Å². The zero-order chi connectivity index (χ0) is 31.8. The van der Waals surface area contributed by atoms with E-state index in [1.807, 2.05) is 12.1 Å². The minimum atomic E-state index is -0.919. The summed E-state index contributed by atoms with van der Waals surface area (Å²) in [6.07, 6.45) is 30.4. The van der Waals surface area contributed by atoms with Gasteiger partial charge in [0.1, 0.15) is 17.0 Å². The van der Waals surface area contributed by atoms with Gasteiger partial charge in [0.2, 0.25) is 0 Å². The van der Waals surface area contributed by atoms with E-state index in [-0.39, 0.29) is 10.8 Å². The lowest BCUT2D eigenvalue weighted by atomic mass is 9.48. The van der Waals surface area contributed by atoms with Crippen molar-refractivity contribution in [3.8, 4) is 30.4 Å². The number of phenolic OH excluding ortho intramolecular Hbond substituents is 1. The number of hydrogen-bond donors (Lipinski definition) is 3. The van der Waals surface area contributed by atoms with Crippen LogP contribution < -0.4 is 0 Å². The average Bonchev–Trinajstić information content (AvgIpc) is 3.51. The number of terminal acetylenes is 2. The van der Waals surface area contributed by atoms with E-state index in [1.54, 1.807) is 5.57 Å². The van der Waals surface area contributed by atoms with Crippen LogP contribution in [0.15, 0.2) is 42.0 Å². The molecule has 0 aliphatic heterocycles. The minimum Gasteiger partial charge on any atom is -0.508 e. The Balaban J connectivity index is 0.000000145. The zero-order valence-electron chi connectivity index (χ0n) is 27.7. The van der Waals surface area contributed by atoms with Gasteiger partial charge in [-0.05, 0) is 161 Å². The maximum Gasteiger partial charge on any atom is 0.131 e. The predicted molar refractivity (Wildman–Crippen MR) is 181 cm³/mol. The molecule has 5 fully saturated rings. The second-order valence-electron chi connectivity index (χ2n) is 16.3. The van der Waals surface area contributed by atoms with Gasteiger partial charge in [-0.15, -0.1) is 12.8 Å². The maximum absolute atomic E-state index is 11.2. The Morgan fingerprint density at radius 2 is 1.62 bits per heavy atom. The van der Waals surface area contributed by atoms with E-state index in [0.717, 1.165) is 70.1 Å². The number of aliphatic hydroxyl groups is 2.